The summed E-state index contributed by atoms with van der Waals surface area (Å²) in [5.74, 6) is 1.24. The van der Waals surface area contributed by atoms with E-state index in [4.69, 9.17) is 10.5 Å². The summed E-state index contributed by atoms with van der Waals surface area (Å²) in [6.07, 6.45) is 2.78. The van der Waals surface area contributed by atoms with Gasteiger partial charge in [-0.25, -0.2) is 9.97 Å². The highest BCUT2D eigenvalue weighted by Gasteiger charge is 2.28. The second-order valence-corrected chi connectivity index (χ2v) is 5.31. The molecule has 0 aliphatic heterocycles. The SMILES string of the molecule is CCCc1nc(C(C)(CC)OC)nc(N)c1I. The Balaban J connectivity index is 3.26. The first kappa shape index (κ1) is 14.6. The first-order valence-electron chi connectivity index (χ1n) is 5.86. The highest BCUT2D eigenvalue weighted by Crippen LogP contribution is 2.28. The van der Waals surface area contributed by atoms with Crippen LogP contribution in [0.25, 0.3) is 0 Å². The van der Waals surface area contributed by atoms with E-state index in [1.807, 2.05) is 6.92 Å². The third-order valence-electron chi connectivity index (χ3n) is 3.03. The van der Waals surface area contributed by atoms with Crippen molar-refractivity contribution in [2.45, 2.75) is 45.6 Å². The van der Waals surface area contributed by atoms with Crippen LogP contribution in [0, 0.1) is 3.57 Å². The van der Waals surface area contributed by atoms with Crippen molar-refractivity contribution in [2.24, 2.45) is 0 Å². The van der Waals surface area contributed by atoms with Crippen LogP contribution in [0.2, 0.25) is 0 Å². The summed E-state index contributed by atoms with van der Waals surface area (Å²) in [6.45, 7) is 6.17. The van der Waals surface area contributed by atoms with Crippen molar-refractivity contribution in [1.82, 2.24) is 9.97 Å². The summed E-state index contributed by atoms with van der Waals surface area (Å²) in [5.41, 5.74) is 6.51. The zero-order chi connectivity index (χ0) is 13.1. The van der Waals surface area contributed by atoms with Crippen LogP contribution in [0.4, 0.5) is 5.82 Å². The van der Waals surface area contributed by atoms with Crippen LogP contribution < -0.4 is 5.73 Å². The molecule has 0 aliphatic carbocycles. The number of aryl methyl sites for hydroxylation is 1. The van der Waals surface area contributed by atoms with Gasteiger partial charge < -0.3 is 10.5 Å². The van der Waals surface area contributed by atoms with Crippen LogP contribution in [0.3, 0.4) is 0 Å². The third kappa shape index (κ3) is 3.07. The number of rotatable bonds is 5. The Labute approximate surface area is 117 Å². The van der Waals surface area contributed by atoms with Gasteiger partial charge in [0.2, 0.25) is 0 Å². The van der Waals surface area contributed by atoms with Gasteiger partial charge in [0.25, 0.3) is 0 Å². The number of halogens is 1. The smallest absolute Gasteiger partial charge is 0.162 e. The molecule has 0 radical (unpaired) electrons. The fourth-order valence-corrected chi connectivity index (χ4v) is 2.06. The standard InChI is InChI=1S/C12H20IN3O/c1-5-7-8-9(13)10(14)16-11(15-8)12(3,6-2)17-4/h5-7H2,1-4H3,(H2,14,15,16). The Kier molecular flexibility index (Phi) is 5.12. The van der Waals surface area contributed by atoms with E-state index < -0.39 is 5.60 Å². The maximum atomic E-state index is 5.94. The van der Waals surface area contributed by atoms with E-state index in [-0.39, 0.29) is 0 Å². The minimum Gasteiger partial charge on any atom is -0.383 e. The van der Waals surface area contributed by atoms with Crippen molar-refractivity contribution in [3.63, 3.8) is 0 Å². The molecule has 96 valence electrons. The normalized spacial score (nSPS) is 14.6. The molecular formula is C12H20IN3O. The predicted octanol–water partition coefficient (Wildman–Crippen LogP) is 2.89. The average Bonchev–Trinajstić information content (AvgIpc) is 2.34. The van der Waals surface area contributed by atoms with E-state index >= 15 is 0 Å². The number of hydrogen-bond donors (Lipinski definition) is 1. The lowest BCUT2D eigenvalue weighted by Crippen LogP contribution is -2.27. The van der Waals surface area contributed by atoms with Crippen molar-refractivity contribution in [3.8, 4) is 0 Å². The second kappa shape index (κ2) is 5.95. The molecule has 0 fully saturated rings. The van der Waals surface area contributed by atoms with Crippen molar-refractivity contribution >= 4 is 28.4 Å². The van der Waals surface area contributed by atoms with E-state index in [0.29, 0.717) is 11.6 Å². The molecular weight excluding hydrogens is 329 g/mol. The molecule has 0 bridgehead atoms. The molecule has 0 amide bonds. The minimum atomic E-state index is -0.457. The number of aromatic nitrogens is 2. The van der Waals surface area contributed by atoms with Crippen LogP contribution in [-0.2, 0) is 16.8 Å². The van der Waals surface area contributed by atoms with Crippen LogP contribution in [-0.4, -0.2) is 17.1 Å². The van der Waals surface area contributed by atoms with Crippen LogP contribution in [0.1, 0.15) is 45.1 Å². The Bertz CT molecular complexity index is 392. The van der Waals surface area contributed by atoms with E-state index in [9.17, 15) is 0 Å². The molecule has 4 nitrogen and oxygen atoms in total. The number of ether oxygens (including phenoxy) is 1. The summed E-state index contributed by atoms with van der Waals surface area (Å²) < 4.78 is 6.48. The molecule has 0 saturated heterocycles. The van der Waals surface area contributed by atoms with Gasteiger partial charge in [0, 0.05) is 7.11 Å². The molecule has 1 aromatic heterocycles. The maximum absolute atomic E-state index is 5.94. The lowest BCUT2D eigenvalue weighted by molar-refractivity contribution is -0.00906. The number of nitrogen functional groups attached to an aromatic ring is 1. The zero-order valence-electron chi connectivity index (χ0n) is 10.9. The minimum absolute atomic E-state index is 0.457. The summed E-state index contributed by atoms with van der Waals surface area (Å²) >= 11 is 2.21. The van der Waals surface area contributed by atoms with Gasteiger partial charge in [-0.2, -0.15) is 0 Å². The second-order valence-electron chi connectivity index (χ2n) is 4.23. The van der Waals surface area contributed by atoms with Gasteiger partial charge in [-0.15, -0.1) is 0 Å². The Morgan fingerprint density at radius 1 is 1.35 bits per heavy atom. The molecule has 0 aliphatic rings. The van der Waals surface area contributed by atoms with Gasteiger partial charge in [-0.05, 0) is 42.4 Å². The fourth-order valence-electron chi connectivity index (χ4n) is 1.55. The van der Waals surface area contributed by atoms with Gasteiger partial charge in [-0.1, -0.05) is 20.3 Å². The fraction of sp³-hybridized carbons (Fsp3) is 0.667. The number of nitrogens with zero attached hydrogens (tertiary/aromatic N) is 2. The van der Waals surface area contributed by atoms with E-state index in [0.717, 1.165) is 28.5 Å². The number of nitrogens with two attached hydrogens (primary N) is 1. The van der Waals surface area contributed by atoms with Crippen molar-refractivity contribution in [1.29, 1.82) is 0 Å². The van der Waals surface area contributed by atoms with Crippen molar-refractivity contribution in [3.05, 3.63) is 15.1 Å². The highest BCUT2D eigenvalue weighted by molar-refractivity contribution is 14.1. The Morgan fingerprint density at radius 2 is 2.00 bits per heavy atom. The summed E-state index contributed by atoms with van der Waals surface area (Å²) in [5, 5.41) is 0. The van der Waals surface area contributed by atoms with Crippen LogP contribution >= 0.6 is 22.6 Å². The first-order chi connectivity index (χ1) is 7.98. The van der Waals surface area contributed by atoms with Crippen molar-refractivity contribution < 1.29 is 4.74 Å². The molecule has 0 saturated carbocycles. The molecule has 1 rings (SSSR count). The van der Waals surface area contributed by atoms with Gasteiger partial charge in [-0.3, -0.25) is 0 Å². The van der Waals surface area contributed by atoms with E-state index in [1.165, 1.54) is 0 Å². The summed E-state index contributed by atoms with van der Waals surface area (Å²) in [6, 6.07) is 0. The van der Waals surface area contributed by atoms with E-state index in [2.05, 4.69) is 46.4 Å². The van der Waals surface area contributed by atoms with Gasteiger partial charge in [0.15, 0.2) is 5.82 Å². The highest BCUT2D eigenvalue weighted by atomic mass is 127. The number of anilines is 1. The molecule has 2 N–H and O–H groups in total. The average molecular weight is 349 g/mol. The van der Waals surface area contributed by atoms with Crippen LogP contribution in [0.5, 0.6) is 0 Å². The van der Waals surface area contributed by atoms with Gasteiger partial charge in [0.05, 0.1) is 9.26 Å². The summed E-state index contributed by atoms with van der Waals surface area (Å²) in [4.78, 5) is 8.98. The largest absolute Gasteiger partial charge is 0.383 e. The molecule has 5 heteroatoms. The quantitative estimate of drug-likeness (QED) is 0.831. The molecule has 1 aromatic rings. The van der Waals surface area contributed by atoms with Gasteiger partial charge in [0.1, 0.15) is 11.4 Å². The molecule has 0 aromatic carbocycles. The topological polar surface area (TPSA) is 61.0 Å². The lowest BCUT2D eigenvalue weighted by atomic mass is 10.0. The zero-order valence-corrected chi connectivity index (χ0v) is 13.0. The van der Waals surface area contributed by atoms with Crippen molar-refractivity contribution in [2.75, 3.05) is 12.8 Å². The lowest BCUT2D eigenvalue weighted by Gasteiger charge is -2.25. The number of hydrogen-bond acceptors (Lipinski definition) is 4. The van der Waals surface area contributed by atoms with Crippen LogP contribution in [0.15, 0.2) is 0 Å². The molecule has 0 spiro atoms. The molecule has 1 atom stereocenters. The predicted molar refractivity (Wildman–Crippen MR) is 77.8 cm³/mol. The third-order valence-corrected chi connectivity index (χ3v) is 4.21. The van der Waals surface area contributed by atoms with E-state index in [1.54, 1.807) is 7.11 Å². The summed E-state index contributed by atoms with van der Waals surface area (Å²) in [7, 11) is 1.68. The molecule has 1 heterocycles. The first-order valence-corrected chi connectivity index (χ1v) is 6.93. The molecule has 1 unspecified atom stereocenters. The Morgan fingerprint density at radius 3 is 2.47 bits per heavy atom. The Hall–Kier alpha value is -0.430. The maximum Gasteiger partial charge on any atom is 0.162 e. The molecule has 17 heavy (non-hydrogen) atoms. The monoisotopic (exact) mass is 349 g/mol. The van der Waals surface area contributed by atoms with Gasteiger partial charge >= 0.3 is 0 Å². The number of methoxy groups -OCH3 is 1.